The standard InChI is InChI=1S/C24H37N5O3/c1-17(2)25-20(30)15-27-11-13-28(14-12-27)16-29-21(31)24(6,26-22(29)32)19-9-7-18(8-10-19)23(3,4)5/h7-10,17H,11-16H2,1-6H3,(H,25,30)(H,26,32). The lowest BCUT2D eigenvalue weighted by atomic mass is 9.84. The van der Waals surface area contributed by atoms with Gasteiger partial charge >= 0.3 is 6.03 Å². The Bertz CT molecular complexity index is 853. The first-order valence-electron chi connectivity index (χ1n) is 11.4. The van der Waals surface area contributed by atoms with Crippen molar-refractivity contribution in [2.24, 2.45) is 0 Å². The minimum atomic E-state index is -1.07. The molecule has 0 bridgehead atoms. The molecule has 176 valence electrons. The number of urea groups is 1. The molecule has 1 aromatic rings. The van der Waals surface area contributed by atoms with Crippen molar-refractivity contribution in [2.45, 2.75) is 58.5 Å². The van der Waals surface area contributed by atoms with Crippen LogP contribution < -0.4 is 10.6 Å². The van der Waals surface area contributed by atoms with Crippen molar-refractivity contribution in [3.05, 3.63) is 35.4 Å². The molecule has 0 spiro atoms. The van der Waals surface area contributed by atoms with Crippen molar-refractivity contribution in [1.29, 1.82) is 0 Å². The minimum Gasteiger partial charge on any atom is -0.353 e. The molecule has 4 amide bonds. The number of nitrogens with one attached hydrogen (secondary N) is 2. The fourth-order valence-corrected chi connectivity index (χ4v) is 4.18. The summed E-state index contributed by atoms with van der Waals surface area (Å²) in [6, 6.07) is 7.68. The van der Waals surface area contributed by atoms with Gasteiger partial charge in [-0.25, -0.2) is 9.69 Å². The number of hydrogen-bond acceptors (Lipinski definition) is 5. The fourth-order valence-electron chi connectivity index (χ4n) is 4.18. The molecule has 1 unspecified atom stereocenters. The second-order valence-corrected chi connectivity index (χ2v) is 10.4. The Morgan fingerprint density at radius 2 is 1.62 bits per heavy atom. The van der Waals surface area contributed by atoms with Crippen molar-refractivity contribution in [1.82, 2.24) is 25.3 Å². The van der Waals surface area contributed by atoms with Crippen LogP contribution in [0.15, 0.2) is 24.3 Å². The summed E-state index contributed by atoms with van der Waals surface area (Å²) in [5.74, 6) is -0.208. The van der Waals surface area contributed by atoms with E-state index >= 15 is 0 Å². The van der Waals surface area contributed by atoms with E-state index in [9.17, 15) is 14.4 Å². The van der Waals surface area contributed by atoms with Gasteiger partial charge in [-0.1, -0.05) is 45.0 Å². The second-order valence-electron chi connectivity index (χ2n) is 10.4. The number of nitrogens with zero attached hydrogens (tertiary/aromatic N) is 3. The summed E-state index contributed by atoms with van der Waals surface area (Å²) in [6.45, 7) is 15.6. The van der Waals surface area contributed by atoms with Gasteiger partial charge in [0, 0.05) is 32.2 Å². The normalized spacial score (nSPS) is 23.0. The smallest absolute Gasteiger partial charge is 0.326 e. The summed E-state index contributed by atoms with van der Waals surface area (Å²) in [7, 11) is 0. The molecule has 2 aliphatic rings. The van der Waals surface area contributed by atoms with Gasteiger partial charge in [-0.2, -0.15) is 0 Å². The van der Waals surface area contributed by atoms with Gasteiger partial charge in [-0.05, 0) is 37.3 Å². The van der Waals surface area contributed by atoms with E-state index in [-0.39, 0.29) is 36.0 Å². The number of carbonyl (C=O) groups is 3. The number of hydrogen-bond donors (Lipinski definition) is 2. The zero-order valence-electron chi connectivity index (χ0n) is 20.2. The average molecular weight is 444 g/mol. The molecule has 0 saturated carbocycles. The molecule has 8 nitrogen and oxygen atoms in total. The number of imide groups is 1. The molecule has 1 atom stereocenters. The highest BCUT2D eigenvalue weighted by Gasteiger charge is 2.49. The van der Waals surface area contributed by atoms with E-state index in [2.05, 4.69) is 41.2 Å². The summed E-state index contributed by atoms with van der Waals surface area (Å²) < 4.78 is 0. The highest BCUT2D eigenvalue weighted by molar-refractivity contribution is 6.07. The highest BCUT2D eigenvalue weighted by atomic mass is 16.2. The van der Waals surface area contributed by atoms with Gasteiger partial charge in [0.15, 0.2) is 0 Å². The van der Waals surface area contributed by atoms with Crippen LogP contribution in [0.2, 0.25) is 0 Å². The van der Waals surface area contributed by atoms with Gasteiger partial charge in [0.05, 0.1) is 13.2 Å². The van der Waals surface area contributed by atoms with Gasteiger partial charge in [0.25, 0.3) is 5.91 Å². The molecule has 2 N–H and O–H groups in total. The molecule has 2 fully saturated rings. The molecular weight excluding hydrogens is 406 g/mol. The van der Waals surface area contributed by atoms with Gasteiger partial charge in [-0.15, -0.1) is 0 Å². The van der Waals surface area contributed by atoms with E-state index in [1.807, 2.05) is 38.1 Å². The lowest BCUT2D eigenvalue weighted by Crippen LogP contribution is -2.53. The van der Waals surface area contributed by atoms with Crippen LogP contribution in [0, 0.1) is 0 Å². The maximum Gasteiger partial charge on any atom is 0.326 e. The van der Waals surface area contributed by atoms with Crippen LogP contribution in [0.1, 0.15) is 52.7 Å². The third-order valence-electron chi connectivity index (χ3n) is 6.23. The topological polar surface area (TPSA) is 85.0 Å². The van der Waals surface area contributed by atoms with Crippen LogP contribution >= 0.6 is 0 Å². The summed E-state index contributed by atoms with van der Waals surface area (Å²) in [5.41, 5.74) is 0.918. The van der Waals surface area contributed by atoms with Crippen LogP contribution in [-0.4, -0.2) is 78.0 Å². The van der Waals surface area contributed by atoms with Gasteiger partial charge in [0.2, 0.25) is 5.91 Å². The van der Waals surface area contributed by atoms with Crippen LogP contribution in [0.25, 0.3) is 0 Å². The maximum atomic E-state index is 13.3. The van der Waals surface area contributed by atoms with E-state index in [0.29, 0.717) is 19.6 Å². The molecule has 0 radical (unpaired) electrons. The lowest BCUT2D eigenvalue weighted by molar-refractivity contribution is -0.132. The van der Waals surface area contributed by atoms with Crippen molar-refractivity contribution >= 4 is 17.8 Å². The molecule has 2 saturated heterocycles. The summed E-state index contributed by atoms with van der Waals surface area (Å²) in [4.78, 5) is 43.4. The number of carbonyl (C=O) groups excluding carboxylic acids is 3. The van der Waals surface area contributed by atoms with Gasteiger partial charge in [-0.3, -0.25) is 19.4 Å². The third-order valence-corrected chi connectivity index (χ3v) is 6.23. The Kier molecular flexibility index (Phi) is 6.95. The Balaban J connectivity index is 1.59. The zero-order valence-corrected chi connectivity index (χ0v) is 20.2. The van der Waals surface area contributed by atoms with Crippen molar-refractivity contribution < 1.29 is 14.4 Å². The number of benzene rings is 1. The minimum absolute atomic E-state index is 0.0199. The third kappa shape index (κ3) is 5.30. The predicted molar refractivity (Wildman–Crippen MR) is 124 cm³/mol. The Morgan fingerprint density at radius 3 is 2.16 bits per heavy atom. The molecule has 0 aliphatic carbocycles. The largest absolute Gasteiger partial charge is 0.353 e. The van der Waals surface area contributed by atoms with Crippen LogP contribution in [0.5, 0.6) is 0 Å². The zero-order chi connectivity index (χ0) is 23.7. The number of rotatable bonds is 6. The van der Waals surface area contributed by atoms with Gasteiger partial charge < -0.3 is 10.6 Å². The van der Waals surface area contributed by atoms with E-state index in [1.54, 1.807) is 6.92 Å². The van der Waals surface area contributed by atoms with Crippen LogP contribution in [0.4, 0.5) is 4.79 Å². The molecule has 0 aromatic heterocycles. The molecule has 1 aromatic carbocycles. The van der Waals surface area contributed by atoms with Crippen LogP contribution in [0.3, 0.4) is 0 Å². The average Bonchev–Trinajstić information content (AvgIpc) is 2.92. The quantitative estimate of drug-likeness (QED) is 0.656. The Morgan fingerprint density at radius 1 is 1.06 bits per heavy atom. The van der Waals surface area contributed by atoms with Crippen molar-refractivity contribution in [3.8, 4) is 0 Å². The van der Waals surface area contributed by atoms with E-state index < -0.39 is 5.54 Å². The first kappa shape index (κ1) is 24.2. The highest BCUT2D eigenvalue weighted by Crippen LogP contribution is 2.31. The molecule has 8 heteroatoms. The molecule has 2 heterocycles. The predicted octanol–water partition coefficient (Wildman–Crippen LogP) is 1.85. The lowest BCUT2D eigenvalue weighted by Gasteiger charge is -2.35. The summed E-state index contributed by atoms with van der Waals surface area (Å²) in [6.07, 6.45) is 0. The first-order valence-corrected chi connectivity index (χ1v) is 11.4. The number of piperazine rings is 1. The number of amides is 4. The summed E-state index contributed by atoms with van der Waals surface area (Å²) in [5, 5.41) is 5.80. The summed E-state index contributed by atoms with van der Waals surface area (Å²) >= 11 is 0. The SMILES string of the molecule is CC(C)NC(=O)CN1CCN(CN2C(=O)NC(C)(c3ccc(C(C)(C)C)cc3)C2=O)CC1. The van der Waals surface area contributed by atoms with Crippen molar-refractivity contribution in [3.63, 3.8) is 0 Å². The monoisotopic (exact) mass is 443 g/mol. The molecule has 2 aliphatic heterocycles. The van der Waals surface area contributed by atoms with E-state index in [1.165, 1.54) is 10.5 Å². The fraction of sp³-hybridized carbons (Fsp3) is 0.625. The second kappa shape index (κ2) is 9.19. The Labute approximate surface area is 191 Å². The van der Waals surface area contributed by atoms with Crippen LogP contribution in [-0.2, 0) is 20.5 Å². The first-order chi connectivity index (χ1) is 14.9. The Hall–Kier alpha value is -2.45. The molecule has 32 heavy (non-hydrogen) atoms. The molecular formula is C24H37N5O3. The van der Waals surface area contributed by atoms with Gasteiger partial charge in [0.1, 0.15) is 5.54 Å². The maximum absolute atomic E-state index is 13.3. The van der Waals surface area contributed by atoms with E-state index in [4.69, 9.17) is 0 Å². The van der Waals surface area contributed by atoms with Crippen molar-refractivity contribution in [2.75, 3.05) is 39.4 Å². The molecule has 3 rings (SSSR count). The van der Waals surface area contributed by atoms with E-state index in [0.717, 1.165) is 18.7 Å².